The summed E-state index contributed by atoms with van der Waals surface area (Å²) in [6.07, 6.45) is 2.09. The van der Waals surface area contributed by atoms with E-state index in [0.29, 0.717) is 35.7 Å². The highest BCUT2D eigenvalue weighted by Crippen LogP contribution is 2.49. The number of nitrogens with zero attached hydrogens (tertiary/aromatic N) is 4. The van der Waals surface area contributed by atoms with Gasteiger partial charge in [0.15, 0.2) is 5.72 Å². The molecule has 4 heterocycles. The van der Waals surface area contributed by atoms with Crippen LogP contribution in [0.1, 0.15) is 91.2 Å². The van der Waals surface area contributed by atoms with Crippen molar-refractivity contribution in [1.29, 1.82) is 0 Å². The highest BCUT2D eigenvalue weighted by molar-refractivity contribution is 8.76. The number of hydrogen-bond acceptors (Lipinski definition) is 19. The molecule has 8 atom stereocenters. The number of halogens is 1. The van der Waals surface area contributed by atoms with Gasteiger partial charge in [0.2, 0.25) is 11.8 Å². The maximum Gasteiger partial charge on any atom is 0.409 e. The van der Waals surface area contributed by atoms with Crippen molar-refractivity contribution in [3.63, 3.8) is 0 Å². The van der Waals surface area contributed by atoms with Gasteiger partial charge >= 0.3 is 18.2 Å². The Morgan fingerprint density at radius 3 is 2.51 bits per heavy atom. The number of nitro groups is 1. The number of epoxide rings is 1. The second-order valence-corrected chi connectivity index (χ2v) is 25.3. The number of fused-ring (bicyclic) bond motifs is 5. The molecule has 4 bridgehead atoms. The van der Waals surface area contributed by atoms with Gasteiger partial charge < -0.3 is 48.6 Å². The average Bonchev–Trinajstić information content (AvgIpc) is 4.16. The van der Waals surface area contributed by atoms with Crippen molar-refractivity contribution in [1.82, 2.24) is 20.5 Å². The second-order valence-electron chi connectivity index (χ2n) is 21.0. The number of likely N-dealkylation sites (N-methyl/N-ethyl adjacent to an activating group) is 1. The Kier molecular flexibility index (Phi) is 22.5. The fourth-order valence-corrected chi connectivity index (χ4v) is 12.2. The van der Waals surface area contributed by atoms with Gasteiger partial charge in [-0.3, -0.25) is 29.8 Å². The summed E-state index contributed by atoms with van der Waals surface area (Å²) in [5, 5.41) is 28.7. The van der Waals surface area contributed by atoms with Gasteiger partial charge in [-0.1, -0.05) is 79.1 Å². The summed E-state index contributed by atoms with van der Waals surface area (Å²) in [5.74, 6) is -1.72. The molecule has 2 fully saturated rings. The molecule has 3 aliphatic heterocycles. The predicted octanol–water partition coefficient (Wildman–Crippen LogP) is 9.18. The number of esters is 1. The number of pyridine rings is 1. The molecule has 6 rings (SSSR count). The summed E-state index contributed by atoms with van der Waals surface area (Å²) in [6.45, 7) is 11.0. The first-order chi connectivity index (χ1) is 38.3. The van der Waals surface area contributed by atoms with Crippen LogP contribution >= 0.6 is 45.0 Å². The number of carbonyl (C=O) groups is 6. The Morgan fingerprint density at radius 2 is 1.84 bits per heavy atom. The quantitative estimate of drug-likeness (QED) is 0.0171. The number of anilines is 1. The maximum absolute atomic E-state index is 14.4. The van der Waals surface area contributed by atoms with Crippen molar-refractivity contribution in [2.45, 2.75) is 150 Å². The van der Waals surface area contributed by atoms with Crippen LogP contribution in [0, 0.1) is 16.0 Å². The predicted molar refractivity (Wildman–Crippen MR) is 308 cm³/mol. The number of thioether (sulfide) groups is 1. The van der Waals surface area contributed by atoms with Gasteiger partial charge in [0.05, 0.1) is 36.0 Å². The molecule has 3 N–H and O–H groups in total. The minimum atomic E-state index is -1.88. The number of ether oxygens (including phenoxy) is 6. The van der Waals surface area contributed by atoms with E-state index in [1.165, 1.54) is 83.6 Å². The Balaban J connectivity index is 0.995. The highest BCUT2D eigenvalue weighted by atomic mass is 35.5. The van der Waals surface area contributed by atoms with Gasteiger partial charge in [-0.25, -0.2) is 19.4 Å². The number of ketones is 1. The molecule has 1 aromatic heterocycles. The van der Waals surface area contributed by atoms with Crippen LogP contribution in [-0.4, -0.2) is 143 Å². The van der Waals surface area contributed by atoms with E-state index < -0.39 is 81.4 Å². The van der Waals surface area contributed by atoms with Crippen molar-refractivity contribution in [3.8, 4) is 5.75 Å². The van der Waals surface area contributed by atoms with Crippen LogP contribution in [0.2, 0.25) is 5.02 Å². The van der Waals surface area contributed by atoms with Crippen molar-refractivity contribution in [2.24, 2.45) is 5.92 Å². The third kappa shape index (κ3) is 17.6. The molecule has 0 unspecified atom stereocenters. The normalized spacial score (nSPS) is 24.4. The summed E-state index contributed by atoms with van der Waals surface area (Å²) < 4.78 is 34.4. The third-order valence-corrected chi connectivity index (χ3v) is 18.6. The van der Waals surface area contributed by atoms with Crippen LogP contribution in [0.5, 0.6) is 5.75 Å². The molecule has 21 nitrogen and oxygen atoms in total. The number of carbonyl (C=O) groups excluding carboxylic acids is 6. The fraction of sp³-hybridized carbons (Fsp3) is 0.518. The van der Waals surface area contributed by atoms with Gasteiger partial charge in [-0.15, -0.1) is 11.8 Å². The molecule has 81 heavy (non-hydrogen) atoms. The number of aliphatic hydroxyl groups is 1. The van der Waals surface area contributed by atoms with E-state index >= 15 is 0 Å². The number of benzene rings is 2. The van der Waals surface area contributed by atoms with Gasteiger partial charge in [0.25, 0.3) is 5.69 Å². The Bertz CT molecular complexity index is 2840. The number of nitrogens with one attached hydrogen (secondary N) is 2. The molecule has 3 aliphatic rings. The zero-order valence-corrected chi connectivity index (χ0v) is 50.2. The fourth-order valence-electron chi connectivity index (χ4n) is 9.16. The molecule has 25 heteroatoms. The second kappa shape index (κ2) is 28.4. The van der Waals surface area contributed by atoms with E-state index in [2.05, 4.69) is 15.6 Å². The zero-order chi connectivity index (χ0) is 59.4. The molecule has 0 saturated carbocycles. The Morgan fingerprint density at radius 1 is 1.11 bits per heavy atom. The van der Waals surface area contributed by atoms with E-state index in [-0.39, 0.29) is 67.0 Å². The van der Waals surface area contributed by atoms with Crippen LogP contribution < -0.4 is 20.3 Å². The van der Waals surface area contributed by atoms with Crippen LogP contribution in [0.3, 0.4) is 0 Å². The molecular formula is C56H71ClN6O15S3. The molecule has 0 spiro atoms. The average molecular weight is 1200 g/mol. The van der Waals surface area contributed by atoms with E-state index in [1.54, 1.807) is 51.2 Å². The minimum Gasteiger partial charge on any atom is -0.495 e. The van der Waals surface area contributed by atoms with Gasteiger partial charge in [0.1, 0.15) is 64.3 Å². The van der Waals surface area contributed by atoms with Crippen molar-refractivity contribution in [3.05, 3.63) is 105 Å². The first-order valence-electron chi connectivity index (χ1n) is 26.2. The van der Waals surface area contributed by atoms with Crippen LogP contribution in [0.15, 0.2) is 88.5 Å². The molecule has 2 aromatic carbocycles. The number of aromatic nitrogens is 1. The molecular weight excluding hydrogens is 1130 g/mol. The molecule has 4 amide bonds. The van der Waals surface area contributed by atoms with E-state index in [0.717, 1.165) is 21.6 Å². The number of Topliss-reactive ketones (excluding diaryl/α,β-unsaturated/α-hetero) is 1. The summed E-state index contributed by atoms with van der Waals surface area (Å²) in [4.78, 5) is 98.6. The maximum atomic E-state index is 14.4. The van der Waals surface area contributed by atoms with E-state index in [4.69, 9.17) is 40.0 Å². The largest absolute Gasteiger partial charge is 0.495 e. The van der Waals surface area contributed by atoms with Gasteiger partial charge in [-0.2, -0.15) is 0 Å². The summed E-state index contributed by atoms with van der Waals surface area (Å²) in [5.41, 5.74) is -0.461. The highest BCUT2D eigenvalue weighted by Gasteiger charge is 2.64. The zero-order valence-electron chi connectivity index (χ0n) is 47.0. The van der Waals surface area contributed by atoms with E-state index in [9.17, 15) is 44.0 Å². The van der Waals surface area contributed by atoms with Crippen LogP contribution in [0.25, 0.3) is 0 Å². The minimum absolute atomic E-state index is 0.0255. The number of rotatable bonds is 21. The number of amides is 4. The van der Waals surface area contributed by atoms with Crippen LogP contribution in [-0.2, 0) is 55.9 Å². The molecule has 0 radical (unpaired) electrons. The molecule has 2 saturated heterocycles. The monoisotopic (exact) mass is 1200 g/mol. The van der Waals surface area contributed by atoms with Crippen molar-refractivity contribution >= 4 is 92.1 Å². The smallest absolute Gasteiger partial charge is 0.409 e. The van der Waals surface area contributed by atoms with Gasteiger partial charge in [0, 0.05) is 68.6 Å². The molecule has 440 valence electrons. The lowest BCUT2D eigenvalue weighted by Crippen LogP contribution is -2.63. The first kappa shape index (κ1) is 64.3. The topological polar surface area (TPSA) is 268 Å². The molecule has 0 aliphatic carbocycles. The van der Waals surface area contributed by atoms with Crippen molar-refractivity contribution < 1.29 is 67.2 Å². The SMILES string of the molecule is COc1cc2cc(c1Cl)N(C)C(=O)C[C@H](OC(=O)[C@H](C)N(C)C(=O)CCC(C)(C)SCC(=O)CCCNC(=O)OCc1ccc(SSc3ccc([N+](=O)[O-])cn3)cc1)[C@@]1(C)O[C@H]1[C@H](C)[C@@H]1C[C@@](O)(NC(=O)O1)[C@H](OC)/C=C/C=C(\C)C2. The molecule has 3 aromatic rings. The first-order valence-corrected chi connectivity index (χ1v) is 29.7. The summed E-state index contributed by atoms with van der Waals surface area (Å²) in [7, 11) is 8.72. The van der Waals surface area contributed by atoms with E-state index in [1.807, 2.05) is 51.1 Å². The number of alkyl carbamates (subject to hydrolysis) is 2. The Hall–Kier alpha value is -5.89. The lowest BCUT2D eigenvalue weighted by Gasteiger charge is -2.42. The summed E-state index contributed by atoms with van der Waals surface area (Å²) >= 11 is 8.24. The summed E-state index contributed by atoms with van der Waals surface area (Å²) in [6, 6.07) is 12.8. The van der Waals surface area contributed by atoms with Crippen LogP contribution in [0.4, 0.5) is 21.0 Å². The van der Waals surface area contributed by atoms with Gasteiger partial charge in [-0.05, 0) is 92.3 Å². The number of methoxy groups -OCH3 is 2. The standard InChI is InChI=1S/C56H71ClN6O15S3/c1-33-13-11-15-44(74-10)56(70)29-43(76-53(69)60-56)34(2)50-55(6,78-50)45(28-48(66)62(8)41-26-37(25-33)27-42(73-9)49(41)57)77-51(67)35(3)61(7)47(65)22-23-54(4,5)79-32-39(64)14-12-24-58-52(68)75-31-36-16-19-40(20-17-36)80-81-46-21-18-38(30-59-46)63(71)72/h11,13,15-21,26-27,30,34-35,43-45,50,70H,12,14,22-25,28-29,31-32H2,1-10H3,(H,58,68)(H,60,69)/b15-11+,33-13+/t34-,35+,43+,44-,45+,50+,55-,56+/m1/s1. The lowest BCUT2D eigenvalue weighted by atomic mass is 9.83. The third-order valence-electron chi connectivity index (χ3n) is 14.4. The number of hydrogen-bond donors (Lipinski definition) is 3. The van der Waals surface area contributed by atoms with Crippen molar-refractivity contribution in [2.75, 3.05) is 45.5 Å². The number of allylic oxidation sites excluding steroid dienone is 3. The Labute approximate surface area is 488 Å². The lowest BCUT2D eigenvalue weighted by molar-refractivity contribution is -0.385.